The number of benzene rings is 1. The van der Waals surface area contributed by atoms with Crippen LogP contribution in [0.3, 0.4) is 0 Å². The molecule has 3 N–H and O–H groups in total. The van der Waals surface area contributed by atoms with E-state index in [-0.39, 0.29) is 24.1 Å². The van der Waals surface area contributed by atoms with E-state index in [0.29, 0.717) is 24.4 Å². The van der Waals surface area contributed by atoms with E-state index < -0.39 is 5.54 Å². The zero-order valence-electron chi connectivity index (χ0n) is 11.8. The van der Waals surface area contributed by atoms with Gasteiger partial charge >= 0.3 is 0 Å². The number of hydrogen-bond acceptors (Lipinski definition) is 4. The van der Waals surface area contributed by atoms with Gasteiger partial charge in [-0.1, -0.05) is 0 Å². The fraction of sp³-hybridized carbons (Fsp3) is 0.333. The number of nitrogens with one attached hydrogen (secondary N) is 1. The smallest absolute Gasteiger partial charge is 0.240 e. The normalized spacial score (nSPS) is 15.0. The molecule has 5 nitrogen and oxygen atoms in total. The van der Waals surface area contributed by atoms with Crippen LogP contribution in [0.5, 0.6) is 0 Å². The minimum atomic E-state index is -0.650. The molecule has 0 aliphatic heterocycles. The lowest BCUT2D eigenvalue weighted by atomic mass is 10.2. The van der Waals surface area contributed by atoms with Crippen molar-refractivity contribution in [2.45, 2.75) is 24.8 Å². The van der Waals surface area contributed by atoms with Gasteiger partial charge in [0.1, 0.15) is 12.1 Å². The van der Waals surface area contributed by atoms with Gasteiger partial charge in [0.2, 0.25) is 11.8 Å². The second kappa shape index (κ2) is 6.46. The summed E-state index contributed by atoms with van der Waals surface area (Å²) >= 11 is 0. The highest BCUT2D eigenvalue weighted by atomic mass is 35.5. The third kappa shape index (κ3) is 3.64. The molecule has 1 aliphatic carbocycles. The Balaban J connectivity index is 0.00000176. The van der Waals surface area contributed by atoms with E-state index in [1.165, 1.54) is 12.1 Å². The maximum atomic E-state index is 12.8. The Labute approximate surface area is 133 Å². The van der Waals surface area contributed by atoms with E-state index in [1.807, 2.05) is 0 Å². The van der Waals surface area contributed by atoms with Crippen LogP contribution in [0.1, 0.15) is 18.5 Å². The predicted molar refractivity (Wildman–Crippen MR) is 82.0 cm³/mol. The van der Waals surface area contributed by atoms with Crippen molar-refractivity contribution in [2.24, 2.45) is 5.73 Å². The summed E-state index contributed by atoms with van der Waals surface area (Å²) in [4.78, 5) is 16.0. The SMILES string of the molecule is Cl.NC1(C(=O)NCCc2coc(-c3ccc(F)cc3)n2)CC1. The number of halogens is 2. The first kappa shape index (κ1) is 16.5. The molecule has 0 unspecified atom stereocenters. The van der Waals surface area contributed by atoms with Gasteiger partial charge in [-0.05, 0) is 37.1 Å². The standard InChI is InChI=1S/C15H16FN3O2.ClH/c16-11-3-1-10(2-4-11)13-19-12(9-21-13)5-8-18-14(20)15(17)6-7-15;/h1-4,9H,5-8,17H2,(H,18,20);1H. The number of nitrogens with two attached hydrogens (primary N) is 1. The molecule has 1 aromatic carbocycles. The fourth-order valence-electron chi connectivity index (χ4n) is 1.99. The highest BCUT2D eigenvalue weighted by Crippen LogP contribution is 2.32. The van der Waals surface area contributed by atoms with Crippen molar-refractivity contribution in [3.8, 4) is 11.5 Å². The number of carbonyl (C=O) groups excluding carboxylic acids is 1. The molecule has 1 aliphatic rings. The molecule has 1 amide bonds. The molecular weight excluding hydrogens is 309 g/mol. The molecule has 1 saturated carbocycles. The summed E-state index contributed by atoms with van der Waals surface area (Å²) in [6, 6.07) is 5.93. The Morgan fingerprint density at radius 3 is 2.68 bits per heavy atom. The lowest BCUT2D eigenvalue weighted by molar-refractivity contribution is -0.123. The molecule has 1 heterocycles. The molecule has 7 heteroatoms. The Morgan fingerprint density at radius 2 is 2.05 bits per heavy atom. The van der Waals surface area contributed by atoms with E-state index in [1.54, 1.807) is 18.4 Å². The summed E-state index contributed by atoms with van der Waals surface area (Å²) in [5.74, 6) is 0.0302. The molecular formula is C15H17ClFN3O2. The molecule has 0 saturated heterocycles. The second-order valence-electron chi connectivity index (χ2n) is 5.31. The average Bonchev–Trinajstić information content (AvgIpc) is 3.06. The number of carbonyl (C=O) groups is 1. The van der Waals surface area contributed by atoms with Gasteiger partial charge in [-0.2, -0.15) is 0 Å². The lowest BCUT2D eigenvalue weighted by Crippen LogP contribution is -2.43. The van der Waals surface area contributed by atoms with Crippen LogP contribution in [-0.2, 0) is 11.2 Å². The Kier molecular flexibility index (Phi) is 4.83. The van der Waals surface area contributed by atoms with Gasteiger partial charge in [0, 0.05) is 18.5 Å². The number of aromatic nitrogens is 1. The summed E-state index contributed by atoms with van der Waals surface area (Å²) in [5.41, 5.74) is 6.58. The van der Waals surface area contributed by atoms with Gasteiger partial charge in [-0.3, -0.25) is 4.79 Å². The number of rotatable bonds is 5. The minimum Gasteiger partial charge on any atom is -0.444 e. The molecule has 0 atom stereocenters. The first-order chi connectivity index (χ1) is 10.1. The van der Waals surface area contributed by atoms with Crippen LogP contribution in [0.4, 0.5) is 4.39 Å². The molecule has 2 aromatic rings. The quantitative estimate of drug-likeness (QED) is 0.881. The second-order valence-corrected chi connectivity index (χ2v) is 5.31. The van der Waals surface area contributed by atoms with Gasteiger partial charge in [0.05, 0.1) is 11.2 Å². The first-order valence-electron chi connectivity index (χ1n) is 6.84. The zero-order valence-corrected chi connectivity index (χ0v) is 12.7. The average molecular weight is 326 g/mol. The minimum absolute atomic E-state index is 0. The van der Waals surface area contributed by atoms with E-state index in [0.717, 1.165) is 18.5 Å². The van der Waals surface area contributed by atoms with Crippen LogP contribution in [0.15, 0.2) is 34.9 Å². The van der Waals surface area contributed by atoms with E-state index in [4.69, 9.17) is 10.2 Å². The maximum absolute atomic E-state index is 12.8. The highest BCUT2D eigenvalue weighted by Gasteiger charge is 2.45. The molecule has 0 bridgehead atoms. The van der Waals surface area contributed by atoms with E-state index in [9.17, 15) is 9.18 Å². The topological polar surface area (TPSA) is 81.2 Å². The summed E-state index contributed by atoms with van der Waals surface area (Å²) in [6.07, 6.45) is 3.60. The zero-order chi connectivity index (χ0) is 14.9. The van der Waals surface area contributed by atoms with Crippen LogP contribution in [0.25, 0.3) is 11.5 Å². The van der Waals surface area contributed by atoms with Crippen LogP contribution in [0.2, 0.25) is 0 Å². The summed E-state index contributed by atoms with van der Waals surface area (Å²) < 4.78 is 18.2. The van der Waals surface area contributed by atoms with Gasteiger partial charge < -0.3 is 15.5 Å². The van der Waals surface area contributed by atoms with Crippen molar-refractivity contribution in [1.29, 1.82) is 0 Å². The lowest BCUT2D eigenvalue weighted by Gasteiger charge is -2.08. The van der Waals surface area contributed by atoms with Gasteiger partial charge in [-0.25, -0.2) is 9.37 Å². The number of nitrogens with zero attached hydrogens (tertiary/aromatic N) is 1. The van der Waals surface area contributed by atoms with Crippen molar-refractivity contribution in [3.05, 3.63) is 42.0 Å². The van der Waals surface area contributed by atoms with E-state index in [2.05, 4.69) is 10.3 Å². The highest BCUT2D eigenvalue weighted by molar-refractivity contribution is 5.88. The van der Waals surface area contributed by atoms with Crippen LogP contribution < -0.4 is 11.1 Å². The van der Waals surface area contributed by atoms with Crippen LogP contribution in [-0.4, -0.2) is 23.0 Å². The Hall–Kier alpha value is -1.92. The summed E-state index contributed by atoms with van der Waals surface area (Å²) in [7, 11) is 0. The van der Waals surface area contributed by atoms with Crippen molar-refractivity contribution in [1.82, 2.24) is 10.3 Å². The van der Waals surface area contributed by atoms with Crippen molar-refractivity contribution in [2.75, 3.05) is 6.54 Å². The molecule has 3 rings (SSSR count). The first-order valence-corrected chi connectivity index (χ1v) is 6.84. The molecule has 1 fully saturated rings. The number of oxazole rings is 1. The third-order valence-electron chi connectivity index (χ3n) is 3.55. The molecule has 118 valence electrons. The van der Waals surface area contributed by atoms with Gasteiger partial charge in [0.15, 0.2) is 0 Å². The Bertz CT molecular complexity index is 653. The van der Waals surface area contributed by atoms with E-state index >= 15 is 0 Å². The number of amides is 1. The molecule has 1 aromatic heterocycles. The van der Waals surface area contributed by atoms with Crippen molar-refractivity contribution in [3.63, 3.8) is 0 Å². The molecule has 22 heavy (non-hydrogen) atoms. The largest absolute Gasteiger partial charge is 0.444 e. The predicted octanol–water partition coefficient (Wildman–Crippen LogP) is 2.05. The Morgan fingerprint density at radius 1 is 1.36 bits per heavy atom. The van der Waals surface area contributed by atoms with Crippen molar-refractivity contribution >= 4 is 18.3 Å². The summed E-state index contributed by atoms with van der Waals surface area (Å²) in [5, 5.41) is 2.79. The molecule has 0 spiro atoms. The monoisotopic (exact) mass is 325 g/mol. The van der Waals surface area contributed by atoms with Crippen molar-refractivity contribution < 1.29 is 13.6 Å². The number of hydrogen-bond donors (Lipinski definition) is 2. The fourth-order valence-corrected chi connectivity index (χ4v) is 1.99. The van der Waals surface area contributed by atoms with Crippen LogP contribution >= 0.6 is 12.4 Å². The van der Waals surface area contributed by atoms with Crippen LogP contribution in [0, 0.1) is 5.82 Å². The summed E-state index contributed by atoms with van der Waals surface area (Å²) in [6.45, 7) is 0.465. The van der Waals surface area contributed by atoms with Gasteiger partial charge in [-0.15, -0.1) is 12.4 Å². The maximum Gasteiger partial charge on any atom is 0.240 e. The van der Waals surface area contributed by atoms with Gasteiger partial charge in [0.25, 0.3) is 0 Å². The molecule has 0 radical (unpaired) electrons. The third-order valence-corrected chi connectivity index (χ3v) is 3.55.